The summed E-state index contributed by atoms with van der Waals surface area (Å²) < 4.78 is 87.8. The smallest absolute Gasteiger partial charge is 0.392 e. The molecule has 1 fully saturated rings. The molecule has 0 amide bonds. The first-order chi connectivity index (χ1) is 22.6. The molecule has 2 N–H and O–H groups in total. The Morgan fingerprint density at radius 2 is 0.854 bits per heavy atom. The van der Waals surface area contributed by atoms with Crippen LogP contribution < -0.4 is 0 Å². The molecule has 1 saturated carbocycles. The summed E-state index contributed by atoms with van der Waals surface area (Å²) in [7, 11) is 0. The predicted molar refractivity (Wildman–Crippen MR) is 174 cm³/mol. The number of rotatable bonds is 10. The third kappa shape index (κ3) is 5.99. The van der Waals surface area contributed by atoms with Crippen molar-refractivity contribution in [3.8, 4) is 0 Å². The highest BCUT2D eigenvalue weighted by molar-refractivity contribution is 5.49. The van der Waals surface area contributed by atoms with Gasteiger partial charge in [-0.05, 0) is 85.0 Å². The molecule has 2 aromatic heterocycles. The van der Waals surface area contributed by atoms with Crippen LogP contribution in [0, 0.1) is 13.8 Å². The van der Waals surface area contributed by atoms with Crippen LogP contribution in [0.25, 0.3) is 0 Å². The molecule has 48 heavy (non-hydrogen) atoms. The van der Waals surface area contributed by atoms with Gasteiger partial charge in [-0.3, -0.25) is 0 Å². The zero-order chi connectivity index (χ0) is 35.3. The monoisotopic (exact) mass is 674 g/mol. The molecule has 0 aliphatic heterocycles. The lowest BCUT2D eigenvalue weighted by Gasteiger charge is -2.48. The molecule has 260 valence electrons. The minimum atomic E-state index is -4.55. The first-order valence-electron chi connectivity index (χ1n) is 16.7. The Kier molecular flexibility index (Phi) is 10.0. The van der Waals surface area contributed by atoms with E-state index in [-0.39, 0.29) is 24.2 Å². The standard InChI is InChI=1S/C38H44F6N2O2/c1-7-25-21(5)45(19-23-15-11-13-17-29(23)37(39,40)41)33(27(25)9-3)31-35(47)32(36(31)48)34-28(10-4)26(8-2)22(6)46(34)20-24-16-12-14-18-30(24)38(42,43)44/h11-18,31-32,35-36,47-48H,7-10,19-20H2,1-6H3. The summed E-state index contributed by atoms with van der Waals surface area (Å²) >= 11 is 0. The van der Waals surface area contributed by atoms with Gasteiger partial charge in [-0.25, -0.2) is 0 Å². The van der Waals surface area contributed by atoms with Gasteiger partial charge >= 0.3 is 12.4 Å². The van der Waals surface area contributed by atoms with Crippen molar-refractivity contribution in [1.29, 1.82) is 0 Å². The zero-order valence-electron chi connectivity index (χ0n) is 28.2. The van der Waals surface area contributed by atoms with E-state index in [1.165, 1.54) is 24.3 Å². The van der Waals surface area contributed by atoms with E-state index in [0.29, 0.717) is 37.1 Å². The van der Waals surface area contributed by atoms with E-state index in [4.69, 9.17) is 0 Å². The van der Waals surface area contributed by atoms with Crippen molar-refractivity contribution in [2.45, 2.75) is 117 Å². The normalized spacial score (nSPS) is 20.0. The molecule has 2 aromatic carbocycles. The number of nitrogens with zero attached hydrogens (tertiary/aromatic N) is 2. The van der Waals surface area contributed by atoms with Crippen LogP contribution in [0.15, 0.2) is 48.5 Å². The van der Waals surface area contributed by atoms with Gasteiger partial charge in [-0.2, -0.15) is 26.3 Å². The van der Waals surface area contributed by atoms with Crippen LogP contribution in [0.5, 0.6) is 0 Å². The number of hydrogen-bond acceptors (Lipinski definition) is 2. The van der Waals surface area contributed by atoms with E-state index in [1.54, 1.807) is 12.1 Å². The molecule has 0 saturated heterocycles. The van der Waals surface area contributed by atoms with Gasteiger partial charge in [-0.1, -0.05) is 64.1 Å². The van der Waals surface area contributed by atoms with E-state index in [2.05, 4.69) is 0 Å². The Morgan fingerprint density at radius 1 is 0.542 bits per heavy atom. The number of halogens is 6. The van der Waals surface area contributed by atoms with Crippen LogP contribution in [-0.4, -0.2) is 31.6 Å². The Balaban J connectivity index is 1.63. The van der Waals surface area contributed by atoms with Crippen molar-refractivity contribution in [1.82, 2.24) is 9.13 Å². The Bertz CT molecular complexity index is 1640. The Morgan fingerprint density at radius 3 is 1.15 bits per heavy atom. The SMILES string of the molecule is CCc1c(CC)c(C2C(O)C(c3c(CC)c(CC)c(C)n3Cc3ccccc3C(F)(F)F)C2O)n(Cc2ccccc2C(F)(F)F)c1C. The molecule has 0 unspecified atom stereocenters. The quantitative estimate of drug-likeness (QED) is 0.165. The molecule has 0 atom stereocenters. The lowest BCUT2D eigenvalue weighted by atomic mass is 9.64. The third-order valence-electron chi connectivity index (χ3n) is 10.4. The highest BCUT2D eigenvalue weighted by atomic mass is 19.4. The average molecular weight is 675 g/mol. The minimum Gasteiger partial charge on any atom is -0.392 e. The summed E-state index contributed by atoms with van der Waals surface area (Å²) in [5, 5.41) is 24.1. The molecule has 0 bridgehead atoms. The average Bonchev–Trinajstić information content (AvgIpc) is 3.44. The Labute approximate surface area is 278 Å². The molecule has 5 rings (SSSR count). The number of aromatic nitrogens is 2. The Hall–Kier alpha value is -3.50. The fourth-order valence-electron chi connectivity index (χ4n) is 8.22. The van der Waals surface area contributed by atoms with Crippen molar-refractivity contribution < 1.29 is 36.6 Å². The topological polar surface area (TPSA) is 50.3 Å². The van der Waals surface area contributed by atoms with Crippen LogP contribution in [0.2, 0.25) is 0 Å². The fraction of sp³-hybridized carbons (Fsp3) is 0.474. The van der Waals surface area contributed by atoms with Crippen molar-refractivity contribution in [2.75, 3.05) is 0 Å². The maximum atomic E-state index is 14.0. The van der Waals surface area contributed by atoms with Crippen molar-refractivity contribution in [3.05, 3.63) is 116 Å². The number of hydrogen-bond donors (Lipinski definition) is 2. The summed E-state index contributed by atoms with van der Waals surface area (Å²) in [4.78, 5) is 0. The lowest BCUT2D eigenvalue weighted by Crippen LogP contribution is -2.53. The van der Waals surface area contributed by atoms with Crippen molar-refractivity contribution >= 4 is 0 Å². The van der Waals surface area contributed by atoms with Crippen LogP contribution in [-0.2, 0) is 51.1 Å². The van der Waals surface area contributed by atoms with Gasteiger partial charge in [0.05, 0.1) is 35.2 Å². The molecule has 4 nitrogen and oxygen atoms in total. The number of aliphatic hydroxyl groups is 2. The number of aliphatic hydroxyl groups excluding tert-OH is 2. The highest BCUT2D eigenvalue weighted by Gasteiger charge is 2.54. The maximum absolute atomic E-state index is 14.0. The highest BCUT2D eigenvalue weighted by Crippen LogP contribution is 2.52. The van der Waals surface area contributed by atoms with Gasteiger partial charge in [0.2, 0.25) is 0 Å². The van der Waals surface area contributed by atoms with Gasteiger partial charge in [-0.15, -0.1) is 0 Å². The van der Waals surface area contributed by atoms with Gasteiger partial charge in [0, 0.05) is 35.9 Å². The molecule has 1 aliphatic rings. The van der Waals surface area contributed by atoms with Gasteiger partial charge in [0.15, 0.2) is 0 Å². The van der Waals surface area contributed by atoms with Crippen molar-refractivity contribution in [2.24, 2.45) is 0 Å². The van der Waals surface area contributed by atoms with Gasteiger partial charge in [0.25, 0.3) is 0 Å². The van der Waals surface area contributed by atoms with Crippen LogP contribution >= 0.6 is 0 Å². The van der Waals surface area contributed by atoms with E-state index in [9.17, 15) is 36.6 Å². The molecule has 10 heteroatoms. The molecule has 4 aromatic rings. The second kappa shape index (κ2) is 13.4. The van der Waals surface area contributed by atoms with E-state index < -0.39 is 47.5 Å². The summed E-state index contributed by atoms with van der Waals surface area (Å²) in [5.74, 6) is -1.61. The largest absolute Gasteiger partial charge is 0.416 e. The van der Waals surface area contributed by atoms with E-state index >= 15 is 0 Å². The second-order valence-corrected chi connectivity index (χ2v) is 12.8. The van der Waals surface area contributed by atoms with E-state index in [1.807, 2.05) is 50.7 Å². The predicted octanol–water partition coefficient (Wildman–Crippen LogP) is 8.89. The molecule has 2 heterocycles. The third-order valence-corrected chi connectivity index (χ3v) is 10.4. The first kappa shape index (κ1) is 35.8. The molecule has 0 spiro atoms. The van der Waals surface area contributed by atoms with Crippen LogP contribution in [0.1, 0.15) is 107 Å². The zero-order valence-corrected chi connectivity index (χ0v) is 28.2. The second-order valence-electron chi connectivity index (χ2n) is 12.8. The fourth-order valence-corrected chi connectivity index (χ4v) is 8.22. The van der Waals surface area contributed by atoms with E-state index in [0.717, 1.165) is 45.8 Å². The van der Waals surface area contributed by atoms with Gasteiger partial charge in [0.1, 0.15) is 0 Å². The summed E-state index contributed by atoms with van der Waals surface area (Å²) in [6.07, 6.45) is -9.00. The number of alkyl halides is 6. The summed E-state index contributed by atoms with van der Waals surface area (Å²) in [6, 6.07) is 10.9. The number of benzene rings is 2. The minimum absolute atomic E-state index is 0.0863. The van der Waals surface area contributed by atoms with Crippen molar-refractivity contribution in [3.63, 3.8) is 0 Å². The summed E-state index contributed by atoms with van der Waals surface area (Å²) in [6.45, 7) is 11.4. The molecular weight excluding hydrogens is 630 g/mol. The van der Waals surface area contributed by atoms with Gasteiger partial charge < -0.3 is 19.3 Å². The molecular formula is C38H44F6N2O2. The van der Waals surface area contributed by atoms with Crippen LogP contribution in [0.3, 0.4) is 0 Å². The lowest BCUT2D eigenvalue weighted by molar-refractivity contribution is -0.139. The maximum Gasteiger partial charge on any atom is 0.416 e. The van der Waals surface area contributed by atoms with Crippen LogP contribution in [0.4, 0.5) is 26.3 Å². The summed E-state index contributed by atoms with van der Waals surface area (Å²) in [5.41, 5.74) is 5.26. The molecule has 1 aliphatic carbocycles. The first-order valence-corrected chi connectivity index (χ1v) is 16.7. The molecule has 0 radical (unpaired) electrons.